The van der Waals surface area contributed by atoms with Gasteiger partial charge in [-0.3, -0.25) is 0 Å². The monoisotopic (exact) mass is 427 g/mol. The number of hydrogen-bond acceptors (Lipinski definition) is 3. The van der Waals surface area contributed by atoms with Crippen LogP contribution in [0.5, 0.6) is 0 Å². The second-order valence-corrected chi connectivity index (χ2v) is 6.70. The van der Waals surface area contributed by atoms with Crippen molar-refractivity contribution < 1.29 is 0 Å². The van der Waals surface area contributed by atoms with Gasteiger partial charge < -0.3 is 5.32 Å². The van der Waals surface area contributed by atoms with E-state index in [0.29, 0.717) is 11.6 Å². The third-order valence-corrected chi connectivity index (χ3v) is 4.86. The Kier molecular flexibility index (Phi) is 6.89. The first-order valence-corrected chi connectivity index (χ1v) is 8.49. The van der Waals surface area contributed by atoms with E-state index in [1.165, 1.54) is 0 Å². The largest absolute Gasteiger partial charge is 0.302 e. The minimum Gasteiger partial charge on any atom is -0.302 e. The fourth-order valence-corrected chi connectivity index (χ4v) is 3.58. The lowest BCUT2D eigenvalue weighted by Gasteiger charge is -2.20. The molecule has 3 aromatic rings. The molecule has 1 aliphatic heterocycles. The highest BCUT2D eigenvalue weighted by Gasteiger charge is 2.26. The smallest absolute Gasteiger partial charge is 0.125 e. The van der Waals surface area contributed by atoms with Crippen LogP contribution in [-0.2, 0) is 6.54 Å². The average molecular weight is 429 g/mol. The number of nitrogens with one attached hydrogen (secondary N) is 1. The van der Waals surface area contributed by atoms with Crippen molar-refractivity contribution in [3.63, 3.8) is 0 Å². The number of aryl methyl sites for hydroxylation is 1. The molecule has 2 heterocycles. The zero-order chi connectivity index (χ0) is 16.7. The molecule has 136 valence electrons. The lowest BCUT2D eigenvalue weighted by molar-refractivity contribution is 0.612. The minimum absolute atomic E-state index is 0. The summed E-state index contributed by atoms with van der Waals surface area (Å²) in [7, 11) is 0. The number of benzene rings is 2. The van der Waals surface area contributed by atoms with E-state index >= 15 is 0 Å². The summed E-state index contributed by atoms with van der Waals surface area (Å²) < 4.78 is 0. The average Bonchev–Trinajstić information content (AvgIpc) is 2.72. The van der Waals surface area contributed by atoms with E-state index < -0.39 is 0 Å². The van der Waals surface area contributed by atoms with Gasteiger partial charge in [0.05, 0.1) is 11.7 Å². The summed E-state index contributed by atoms with van der Waals surface area (Å²) in [6.45, 7) is 2.57. The van der Waals surface area contributed by atoms with Crippen molar-refractivity contribution in [2.24, 2.45) is 0 Å². The zero-order valence-corrected chi connectivity index (χ0v) is 17.0. The van der Waals surface area contributed by atoms with Crippen molar-refractivity contribution >= 4 is 48.0 Å². The Balaban J connectivity index is 0.00000121. The van der Waals surface area contributed by atoms with Crippen molar-refractivity contribution in [2.45, 2.75) is 19.5 Å². The fraction of sp³-hybridized carbons (Fsp3) is 0.158. The number of halogens is 4. The number of rotatable bonds is 1. The molecule has 1 aromatic heterocycles. The Morgan fingerprint density at radius 2 is 1.81 bits per heavy atom. The van der Waals surface area contributed by atoms with E-state index in [1.54, 1.807) is 0 Å². The molecule has 1 N–H and O–H groups in total. The van der Waals surface area contributed by atoms with Crippen LogP contribution in [-0.4, -0.2) is 9.97 Å². The lowest BCUT2D eigenvalue weighted by Crippen LogP contribution is -2.21. The summed E-state index contributed by atoms with van der Waals surface area (Å²) >= 11 is 12.7. The first-order chi connectivity index (χ1) is 11.6. The first kappa shape index (κ1) is 20.9. The minimum atomic E-state index is -0.0538. The van der Waals surface area contributed by atoms with Gasteiger partial charge >= 0.3 is 0 Å². The summed E-state index contributed by atoms with van der Waals surface area (Å²) in [6, 6.07) is 13.7. The Bertz CT molecular complexity index is 930. The maximum atomic E-state index is 6.45. The Hall–Kier alpha value is -1.36. The molecule has 0 radical (unpaired) electrons. The lowest BCUT2D eigenvalue weighted by atomic mass is 9.93. The normalized spacial score (nSPS) is 15.0. The van der Waals surface area contributed by atoms with E-state index in [0.717, 1.165) is 38.8 Å². The van der Waals surface area contributed by atoms with Crippen LogP contribution in [0.3, 0.4) is 0 Å². The van der Waals surface area contributed by atoms with Gasteiger partial charge in [-0.2, -0.15) is 0 Å². The quantitative estimate of drug-likeness (QED) is 0.532. The summed E-state index contributed by atoms with van der Waals surface area (Å²) in [6.07, 6.45) is 1.89. The van der Waals surface area contributed by atoms with Crippen molar-refractivity contribution in [1.29, 1.82) is 0 Å². The molecule has 0 bridgehead atoms. The molecule has 7 heteroatoms. The predicted octanol–water partition coefficient (Wildman–Crippen LogP) is 5.80. The molecule has 0 saturated carbocycles. The second kappa shape index (κ2) is 8.55. The van der Waals surface area contributed by atoms with Crippen molar-refractivity contribution in [2.75, 3.05) is 0 Å². The molecule has 4 rings (SSSR count). The SMILES string of the molecule is Cc1ncc2c(n1)-c1ccc(Cl)cc1C(c1ccccc1Cl)NC2.Cl.Cl. The summed E-state index contributed by atoms with van der Waals surface area (Å²) in [4.78, 5) is 9.00. The van der Waals surface area contributed by atoms with Crippen molar-refractivity contribution in [3.05, 3.63) is 81.2 Å². The van der Waals surface area contributed by atoms with Gasteiger partial charge in [0.25, 0.3) is 0 Å². The summed E-state index contributed by atoms with van der Waals surface area (Å²) in [5, 5.41) is 5.00. The van der Waals surface area contributed by atoms with Crippen molar-refractivity contribution in [3.8, 4) is 11.3 Å². The van der Waals surface area contributed by atoms with Gasteiger partial charge in [-0.05, 0) is 36.2 Å². The topological polar surface area (TPSA) is 37.8 Å². The molecular formula is C19H17Cl4N3. The van der Waals surface area contributed by atoms with Gasteiger partial charge in [0.2, 0.25) is 0 Å². The van der Waals surface area contributed by atoms with Crippen LogP contribution in [0, 0.1) is 6.92 Å². The number of nitrogens with zero attached hydrogens (tertiary/aromatic N) is 2. The second-order valence-electron chi connectivity index (χ2n) is 5.86. The molecule has 1 atom stereocenters. The third-order valence-electron chi connectivity index (χ3n) is 4.28. The number of hydrogen-bond donors (Lipinski definition) is 1. The predicted molar refractivity (Wildman–Crippen MR) is 112 cm³/mol. The van der Waals surface area contributed by atoms with Crippen LogP contribution in [0.4, 0.5) is 0 Å². The van der Waals surface area contributed by atoms with Gasteiger partial charge in [0.1, 0.15) is 5.82 Å². The molecule has 26 heavy (non-hydrogen) atoms. The van der Waals surface area contributed by atoms with Crippen LogP contribution in [0.15, 0.2) is 48.7 Å². The zero-order valence-electron chi connectivity index (χ0n) is 13.9. The standard InChI is InChI=1S/C19H15Cl2N3.2ClH/c1-11-22-9-12-10-23-19(15-4-2-3-5-17(15)21)16-8-13(20)6-7-14(16)18(12)24-11;;/h2-9,19,23H,10H2,1H3;2*1H. The van der Waals surface area contributed by atoms with E-state index in [2.05, 4.69) is 15.3 Å². The van der Waals surface area contributed by atoms with E-state index in [1.807, 2.05) is 55.6 Å². The molecule has 0 aliphatic carbocycles. The fourth-order valence-electron chi connectivity index (χ4n) is 3.15. The molecule has 0 saturated heterocycles. The molecule has 3 nitrogen and oxygen atoms in total. The van der Waals surface area contributed by atoms with Crippen LogP contribution in [0.25, 0.3) is 11.3 Å². The Morgan fingerprint density at radius 3 is 2.58 bits per heavy atom. The Morgan fingerprint density at radius 1 is 1.04 bits per heavy atom. The molecule has 1 aliphatic rings. The molecule has 1 unspecified atom stereocenters. The maximum absolute atomic E-state index is 6.45. The first-order valence-electron chi connectivity index (χ1n) is 7.73. The van der Waals surface area contributed by atoms with Crippen LogP contribution in [0.2, 0.25) is 10.0 Å². The van der Waals surface area contributed by atoms with Gasteiger partial charge in [0, 0.05) is 33.9 Å². The van der Waals surface area contributed by atoms with Crippen LogP contribution >= 0.6 is 48.0 Å². The maximum Gasteiger partial charge on any atom is 0.125 e. The molecule has 2 aromatic carbocycles. The Labute approximate surface area is 175 Å². The van der Waals surface area contributed by atoms with Gasteiger partial charge in [-0.25, -0.2) is 9.97 Å². The van der Waals surface area contributed by atoms with E-state index in [-0.39, 0.29) is 30.9 Å². The highest BCUT2D eigenvalue weighted by molar-refractivity contribution is 6.31. The highest BCUT2D eigenvalue weighted by atomic mass is 35.5. The van der Waals surface area contributed by atoms with Gasteiger partial charge in [0.15, 0.2) is 0 Å². The van der Waals surface area contributed by atoms with Crippen molar-refractivity contribution in [1.82, 2.24) is 15.3 Å². The molecule has 0 fully saturated rings. The van der Waals surface area contributed by atoms with Crippen LogP contribution < -0.4 is 5.32 Å². The molecule has 0 amide bonds. The molecular weight excluding hydrogens is 412 g/mol. The summed E-state index contributed by atoms with van der Waals surface area (Å²) in [5.41, 5.74) is 5.19. The van der Waals surface area contributed by atoms with Gasteiger partial charge in [-0.15, -0.1) is 24.8 Å². The number of aromatic nitrogens is 2. The van der Waals surface area contributed by atoms with E-state index in [4.69, 9.17) is 23.2 Å². The molecule has 0 spiro atoms. The van der Waals surface area contributed by atoms with E-state index in [9.17, 15) is 0 Å². The van der Waals surface area contributed by atoms with Crippen LogP contribution in [0.1, 0.15) is 28.6 Å². The summed E-state index contributed by atoms with van der Waals surface area (Å²) in [5.74, 6) is 0.755. The third kappa shape index (κ3) is 3.83. The number of fused-ring (bicyclic) bond motifs is 3. The highest BCUT2D eigenvalue weighted by Crippen LogP contribution is 2.39. The van der Waals surface area contributed by atoms with Gasteiger partial charge in [-0.1, -0.05) is 47.5 Å².